The van der Waals surface area contributed by atoms with Crippen LogP contribution in [0.1, 0.15) is 64.4 Å². The first-order chi connectivity index (χ1) is 15.3. The molecule has 4 atom stereocenters. The van der Waals surface area contributed by atoms with Crippen LogP contribution in [0.25, 0.3) is 0 Å². The van der Waals surface area contributed by atoms with Crippen LogP contribution in [-0.4, -0.2) is 58.0 Å². The molecule has 33 heavy (non-hydrogen) atoms. The van der Waals surface area contributed by atoms with E-state index in [1.807, 2.05) is 0 Å². The normalized spacial score (nSPS) is 27.9. The van der Waals surface area contributed by atoms with Gasteiger partial charge in [0.1, 0.15) is 17.5 Å². The number of rotatable bonds is 2. The zero-order chi connectivity index (χ0) is 24.1. The first-order valence-electron chi connectivity index (χ1n) is 11.3. The average Bonchev–Trinajstić information content (AvgIpc) is 3.24. The topological polar surface area (TPSA) is 82.9 Å². The number of amides is 1. The van der Waals surface area contributed by atoms with E-state index in [0.29, 0.717) is 13.0 Å². The van der Waals surface area contributed by atoms with Crippen LogP contribution in [0.3, 0.4) is 0 Å². The molecule has 11 heteroatoms. The van der Waals surface area contributed by atoms with Crippen molar-refractivity contribution < 1.29 is 37.0 Å². The van der Waals surface area contributed by atoms with E-state index >= 15 is 0 Å². The summed E-state index contributed by atoms with van der Waals surface area (Å²) in [6, 6.07) is 0. The molecule has 0 aromatic carbocycles. The standard InChI is InChI=1S/C22H30F3N3O5/c1-12(29)13-9-14-18(22(23,24)25)26-28(17-7-5-6-8-31-17)19(14)32-16-11-27(10-15(13)16)20(30)33-21(2,3)4/h13,15-17H,5-11H2,1-4H3. The first kappa shape index (κ1) is 23.8. The van der Waals surface area contributed by atoms with Gasteiger partial charge in [0, 0.05) is 30.6 Å². The molecule has 0 bridgehead atoms. The Bertz CT molecular complexity index is 918. The van der Waals surface area contributed by atoms with Crippen LogP contribution in [0.4, 0.5) is 18.0 Å². The SMILES string of the molecule is CC(=O)C1Cc2c(C(F)(F)F)nn(C3CCCCO3)c2OC2CN(C(=O)OC(C)(C)C)CC21. The number of carbonyl (C=O) groups is 2. The van der Waals surface area contributed by atoms with E-state index in [1.165, 1.54) is 16.5 Å². The number of alkyl halides is 3. The number of halogens is 3. The van der Waals surface area contributed by atoms with Crippen LogP contribution in [0, 0.1) is 11.8 Å². The van der Waals surface area contributed by atoms with Crippen LogP contribution in [-0.2, 0) is 26.9 Å². The van der Waals surface area contributed by atoms with Crippen LogP contribution >= 0.6 is 0 Å². The number of hydrogen-bond acceptors (Lipinski definition) is 6. The van der Waals surface area contributed by atoms with Gasteiger partial charge in [-0.3, -0.25) is 4.79 Å². The second-order valence-corrected chi connectivity index (χ2v) is 10.0. The lowest BCUT2D eigenvalue weighted by molar-refractivity contribution is -0.143. The summed E-state index contributed by atoms with van der Waals surface area (Å²) in [7, 11) is 0. The summed E-state index contributed by atoms with van der Waals surface area (Å²) in [6.07, 6.45) is -4.58. The lowest BCUT2D eigenvalue weighted by Crippen LogP contribution is -2.36. The Morgan fingerprint density at radius 1 is 1.15 bits per heavy atom. The minimum Gasteiger partial charge on any atom is -0.472 e. The minimum atomic E-state index is -4.70. The molecule has 2 saturated heterocycles. The molecule has 4 unspecified atom stereocenters. The number of hydrogen-bond donors (Lipinski definition) is 0. The van der Waals surface area contributed by atoms with E-state index in [0.717, 1.165) is 12.8 Å². The number of likely N-dealkylation sites (tertiary alicyclic amines) is 1. The van der Waals surface area contributed by atoms with Crippen LogP contribution < -0.4 is 4.74 Å². The van der Waals surface area contributed by atoms with Gasteiger partial charge in [0.15, 0.2) is 11.9 Å². The van der Waals surface area contributed by atoms with Gasteiger partial charge in [-0.15, -0.1) is 0 Å². The number of Topliss-reactive ketones (excluding diaryl/α,β-unsaturated/α-hetero) is 1. The number of ketones is 1. The molecule has 4 heterocycles. The van der Waals surface area contributed by atoms with Gasteiger partial charge >= 0.3 is 12.3 Å². The second-order valence-electron chi connectivity index (χ2n) is 10.0. The number of aromatic nitrogens is 2. The number of nitrogens with zero attached hydrogens (tertiary/aromatic N) is 3. The Kier molecular flexibility index (Phi) is 6.13. The monoisotopic (exact) mass is 473 g/mol. The lowest BCUT2D eigenvalue weighted by atomic mass is 9.83. The Hall–Kier alpha value is -2.30. The molecule has 1 aromatic rings. The fourth-order valence-electron chi connectivity index (χ4n) is 4.85. The fraction of sp³-hybridized carbons (Fsp3) is 0.773. The van der Waals surface area contributed by atoms with E-state index < -0.39 is 47.7 Å². The highest BCUT2D eigenvalue weighted by molar-refractivity contribution is 5.79. The summed E-state index contributed by atoms with van der Waals surface area (Å²) < 4.78 is 60.2. The first-order valence-corrected chi connectivity index (χ1v) is 11.3. The Labute approximate surface area is 190 Å². The van der Waals surface area contributed by atoms with Gasteiger partial charge < -0.3 is 19.1 Å². The highest BCUT2D eigenvalue weighted by Gasteiger charge is 2.50. The van der Waals surface area contributed by atoms with Crippen molar-refractivity contribution in [1.29, 1.82) is 0 Å². The van der Waals surface area contributed by atoms with Crippen LogP contribution in [0.15, 0.2) is 0 Å². The Balaban J connectivity index is 1.71. The second kappa shape index (κ2) is 8.48. The zero-order valence-electron chi connectivity index (χ0n) is 19.3. The third-order valence-electron chi connectivity index (χ3n) is 6.34. The van der Waals surface area contributed by atoms with Crippen molar-refractivity contribution in [2.75, 3.05) is 19.7 Å². The van der Waals surface area contributed by atoms with Crippen molar-refractivity contribution in [3.05, 3.63) is 11.3 Å². The molecule has 1 amide bonds. The molecular weight excluding hydrogens is 443 g/mol. The highest BCUT2D eigenvalue weighted by atomic mass is 19.4. The molecule has 1 aromatic heterocycles. The predicted molar refractivity (Wildman–Crippen MR) is 110 cm³/mol. The van der Waals surface area contributed by atoms with Crippen molar-refractivity contribution >= 4 is 11.9 Å². The van der Waals surface area contributed by atoms with E-state index in [9.17, 15) is 22.8 Å². The van der Waals surface area contributed by atoms with Crippen molar-refractivity contribution in [2.24, 2.45) is 11.8 Å². The van der Waals surface area contributed by atoms with Gasteiger partial charge in [-0.1, -0.05) is 0 Å². The molecule has 0 spiro atoms. The molecule has 2 fully saturated rings. The zero-order valence-corrected chi connectivity index (χ0v) is 19.3. The lowest BCUT2D eigenvalue weighted by Gasteiger charge is -2.26. The summed E-state index contributed by atoms with van der Waals surface area (Å²) in [5.41, 5.74) is -1.86. The smallest absolute Gasteiger partial charge is 0.435 e. The van der Waals surface area contributed by atoms with Crippen molar-refractivity contribution in [3.8, 4) is 5.88 Å². The number of ether oxygens (including phenoxy) is 3. The summed E-state index contributed by atoms with van der Waals surface area (Å²) in [5.74, 6) is -1.46. The van der Waals surface area contributed by atoms with Gasteiger partial charge in [0.2, 0.25) is 5.88 Å². The third-order valence-corrected chi connectivity index (χ3v) is 6.34. The Morgan fingerprint density at radius 2 is 1.88 bits per heavy atom. The van der Waals surface area contributed by atoms with Crippen LogP contribution in [0.2, 0.25) is 0 Å². The summed E-state index contributed by atoms with van der Waals surface area (Å²) in [6.45, 7) is 7.33. The van der Waals surface area contributed by atoms with E-state index in [4.69, 9.17) is 14.2 Å². The highest BCUT2D eigenvalue weighted by Crippen LogP contribution is 2.45. The minimum absolute atomic E-state index is 0.0148. The molecule has 3 aliphatic heterocycles. The molecule has 184 valence electrons. The van der Waals surface area contributed by atoms with Crippen molar-refractivity contribution in [1.82, 2.24) is 14.7 Å². The van der Waals surface area contributed by atoms with Gasteiger partial charge in [0.25, 0.3) is 0 Å². The third kappa shape index (κ3) is 4.83. The summed E-state index contributed by atoms with van der Waals surface area (Å²) in [4.78, 5) is 26.7. The van der Waals surface area contributed by atoms with E-state index in [2.05, 4.69) is 5.10 Å². The maximum absolute atomic E-state index is 13.9. The Morgan fingerprint density at radius 3 is 2.45 bits per heavy atom. The largest absolute Gasteiger partial charge is 0.472 e. The maximum atomic E-state index is 13.9. The van der Waals surface area contributed by atoms with Crippen LogP contribution in [0.5, 0.6) is 5.88 Å². The van der Waals surface area contributed by atoms with E-state index in [1.54, 1.807) is 20.8 Å². The van der Waals surface area contributed by atoms with Crippen molar-refractivity contribution in [2.45, 2.75) is 77.5 Å². The molecule has 3 aliphatic rings. The molecule has 0 saturated carbocycles. The summed E-state index contributed by atoms with van der Waals surface area (Å²) in [5, 5.41) is 3.86. The molecule has 0 N–H and O–H groups in total. The molecular formula is C22H30F3N3O5. The quantitative estimate of drug-likeness (QED) is 0.646. The van der Waals surface area contributed by atoms with Gasteiger partial charge in [-0.05, 0) is 53.4 Å². The van der Waals surface area contributed by atoms with Gasteiger partial charge in [-0.25, -0.2) is 9.48 Å². The molecule has 0 aliphatic carbocycles. The molecule has 4 rings (SSSR count). The average molecular weight is 473 g/mol. The van der Waals surface area contributed by atoms with Gasteiger partial charge in [-0.2, -0.15) is 18.3 Å². The number of carbonyl (C=O) groups excluding carboxylic acids is 2. The molecule has 0 radical (unpaired) electrons. The maximum Gasteiger partial charge on any atom is 0.435 e. The van der Waals surface area contributed by atoms with E-state index in [-0.39, 0.29) is 36.7 Å². The van der Waals surface area contributed by atoms with Gasteiger partial charge in [0.05, 0.1) is 6.54 Å². The van der Waals surface area contributed by atoms with Crippen molar-refractivity contribution in [3.63, 3.8) is 0 Å². The molecule has 8 nitrogen and oxygen atoms in total. The number of fused-ring (bicyclic) bond motifs is 2. The predicted octanol–water partition coefficient (Wildman–Crippen LogP) is 3.98. The summed E-state index contributed by atoms with van der Waals surface area (Å²) >= 11 is 0. The fourth-order valence-corrected chi connectivity index (χ4v) is 4.85.